The number of anilines is 2. The molecule has 1 aliphatic rings. The van der Waals surface area contributed by atoms with Crippen LogP contribution in [0.2, 0.25) is 0 Å². The summed E-state index contributed by atoms with van der Waals surface area (Å²) < 4.78 is 11.2. The number of morpholine rings is 1. The number of nitrogens with one attached hydrogen (secondary N) is 1. The van der Waals surface area contributed by atoms with Crippen molar-refractivity contribution >= 4 is 17.4 Å². The van der Waals surface area contributed by atoms with Gasteiger partial charge >= 0.3 is 0 Å². The third-order valence-electron chi connectivity index (χ3n) is 5.31. The van der Waals surface area contributed by atoms with E-state index < -0.39 is 6.10 Å². The Labute approximate surface area is 188 Å². The lowest BCUT2D eigenvalue weighted by molar-refractivity contribution is -0.122. The van der Waals surface area contributed by atoms with Crippen LogP contribution in [0.25, 0.3) is 11.3 Å². The summed E-state index contributed by atoms with van der Waals surface area (Å²) in [5.41, 5.74) is 4.62. The fraction of sp³-hybridized carbons (Fsp3) is 0.320. The zero-order chi connectivity index (χ0) is 22.5. The number of hydrogen-bond donors (Lipinski definition) is 1. The molecule has 1 N–H and O–H groups in total. The Kier molecular flexibility index (Phi) is 6.66. The third-order valence-corrected chi connectivity index (χ3v) is 5.31. The molecule has 1 saturated heterocycles. The molecule has 1 aliphatic heterocycles. The highest BCUT2D eigenvalue weighted by atomic mass is 16.5. The first-order valence-corrected chi connectivity index (χ1v) is 10.8. The summed E-state index contributed by atoms with van der Waals surface area (Å²) >= 11 is 0. The number of benzene rings is 2. The number of aryl methyl sites for hydroxylation is 2. The van der Waals surface area contributed by atoms with E-state index in [0.29, 0.717) is 24.7 Å². The standard InChI is InChI=1S/C25H28N4O3/c1-17-14-18(2)16-22(15-17)32-19(3)25(30)26-21-6-4-20(5-7-21)23-8-9-24(28-27-23)29-10-12-31-13-11-29/h4-9,14-16,19H,10-13H2,1-3H3,(H,26,30). The van der Waals surface area contributed by atoms with Crippen LogP contribution in [-0.2, 0) is 9.53 Å². The molecule has 1 fully saturated rings. The van der Waals surface area contributed by atoms with E-state index in [9.17, 15) is 4.79 Å². The minimum Gasteiger partial charge on any atom is -0.481 e. The van der Waals surface area contributed by atoms with E-state index in [1.807, 2.05) is 62.4 Å². The molecule has 2 heterocycles. The number of nitrogens with zero attached hydrogens (tertiary/aromatic N) is 3. The second kappa shape index (κ2) is 9.78. The molecule has 32 heavy (non-hydrogen) atoms. The van der Waals surface area contributed by atoms with Crippen LogP contribution < -0.4 is 15.0 Å². The SMILES string of the molecule is Cc1cc(C)cc(OC(C)C(=O)Nc2ccc(-c3ccc(N4CCOCC4)nn3)cc2)c1. The first kappa shape index (κ1) is 21.8. The normalized spacial score (nSPS) is 14.7. The van der Waals surface area contributed by atoms with Gasteiger partial charge in [-0.25, -0.2) is 0 Å². The number of amides is 1. The molecule has 0 saturated carbocycles. The number of aromatic nitrogens is 2. The topological polar surface area (TPSA) is 76.6 Å². The first-order valence-electron chi connectivity index (χ1n) is 10.8. The highest BCUT2D eigenvalue weighted by Crippen LogP contribution is 2.22. The van der Waals surface area contributed by atoms with E-state index in [-0.39, 0.29) is 5.91 Å². The number of carbonyl (C=O) groups is 1. The quantitative estimate of drug-likeness (QED) is 0.634. The van der Waals surface area contributed by atoms with Gasteiger partial charge in [0.15, 0.2) is 11.9 Å². The van der Waals surface area contributed by atoms with Gasteiger partial charge in [0.05, 0.1) is 18.9 Å². The van der Waals surface area contributed by atoms with Gasteiger partial charge in [-0.15, -0.1) is 10.2 Å². The van der Waals surface area contributed by atoms with Crippen molar-refractivity contribution in [1.82, 2.24) is 10.2 Å². The van der Waals surface area contributed by atoms with E-state index in [1.54, 1.807) is 6.92 Å². The van der Waals surface area contributed by atoms with Gasteiger partial charge in [-0.1, -0.05) is 18.2 Å². The van der Waals surface area contributed by atoms with Crippen molar-refractivity contribution in [2.75, 3.05) is 36.5 Å². The average Bonchev–Trinajstić information content (AvgIpc) is 2.79. The second-order valence-corrected chi connectivity index (χ2v) is 8.03. The molecule has 166 valence electrons. The van der Waals surface area contributed by atoms with Crippen LogP contribution in [0.1, 0.15) is 18.1 Å². The Morgan fingerprint density at radius 3 is 2.31 bits per heavy atom. The van der Waals surface area contributed by atoms with Gasteiger partial charge < -0.3 is 19.7 Å². The number of carbonyl (C=O) groups excluding carboxylic acids is 1. The Bertz CT molecular complexity index is 1040. The zero-order valence-electron chi connectivity index (χ0n) is 18.7. The van der Waals surface area contributed by atoms with E-state index in [1.165, 1.54) is 0 Å². The Balaban J connectivity index is 1.36. The van der Waals surface area contributed by atoms with Crippen molar-refractivity contribution < 1.29 is 14.3 Å². The lowest BCUT2D eigenvalue weighted by Gasteiger charge is -2.27. The molecule has 0 spiro atoms. The molecule has 1 aromatic heterocycles. The Hall–Kier alpha value is -3.45. The lowest BCUT2D eigenvalue weighted by Crippen LogP contribution is -2.36. The van der Waals surface area contributed by atoms with Crippen molar-refractivity contribution in [3.05, 3.63) is 65.7 Å². The van der Waals surface area contributed by atoms with Crippen molar-refractivity contribution in [3.63, 3.8) is 0 Å². The van der Waals surface area contributed by atoms with Gasteiger partial charge in [-0.05, 0) is 68.3 Å². The molecule has 0 bridgehead atoms. The molecule has 1 atom stereocenters. The minimum atomic E-state index is -0.616. The van der Waals surface area contributed by atoms with Crippen LogP contribution >= 0.6 is 0 Å². The van der Waals surface area contributed by atoms with Gasteiger partial charge in [0.25, 0.3) is 5.91 Å². The van der Waals surface area contributed by atoms with Crippen molar-refractivity contribution in [1.29, 1.82) is 0 Å². The summed E-state index contributed by atoms with van der Waals surface area (Å²) in [5, 5.41) is 11.6. The maximum atomic E-state index is 12.6. The van der Waals surface area contributed by atoms with Crippen LogP contribution in [0.4, 0.5) is 11.5 Å². The maximum Gasteiger partial charge on any atom is 0.265 e. The van der Waals surface area contributed by atoms with Gasteiger partial charge in [0.2, 0.25) is 0 Å². The zero-order valence-corrected chi connectivity index (χ0v) is 18.7. The molecule has 1 unspecified atom stereocenters. The fourth-order valence-electron chi connectivity index (χ4n) is 3.67. The summed E-state index contributed by atoms with van der Waals surface area (Å²) in [6.07, 6.45) is -0.616. The fourth-order valence-corrected chi connectivity index (χ4v) is 3.67. The predicted molar refractivity (Wildman–Crippen MR) is 125 cm³/mol. The smallest absolute Gasteiger partial charge is 0.265 e. The molecule has 7 heteroatoms. The number of hydrogen-bond acceptors (Lipinski definition) is 6. The highest BCUT2D eigenvalue weighted by molar-refractivity contribution is 5.94. The van der Waals surface area contributed by atoms with Crippen LogP contribution in [0.15, 0.2) is 54.6 Å². The predicted octanol–water partition coefficient (Wildman–Crippen LogP) is 4.00. The van der Waals surface area contributed by atoms with Gasteiger partial charge in [0.1, 0.15) is 5.75 Å². The van der Waals surface area contributed by atoms with E-state index in [2.05, 4.69) is 26.5 Å². The Morgan fingerprint density at radius 2 is 1.69 bits per heavy atom. The highest BCUT2D eigenvalue weighted by Gasteiger charge is 2.16. The van der Waals surface area contributed by atoms with Gasteiger partial charge in [0, 0.05) is 24.3 Å². The largest absolute Gasteiger partial charge is 0.481 e. The molecule has 2 aromatic carbocycles. The Morgan fingerprint density at radius 1 is 1.00 bits per heavy atom. The van der Waals surface area contributed by atoms with E-state index in [0.717, 1.165) is 41.3 Å². The molecule has 1 amide bonds. The molecule has 7 nitrogen and oxygen atoms in total. The minimum absolute atomic E-state index is 0.202. The molecule has 0 aliphatic carbocycles. The lowest BCUT2D eigenvalue weighted by atomic mass is 10.1. The van der Waals surface area contributed by atoms with Crippen LogP contribution in [0.3, 0.4) is 0 Å². The van der Waals surface area contributed by atoms with Crippen molar-refractivity contribution in [2.24, 2.45) is 0 Å². The number of ether oxygens (including phenoxy) is 2. The van der Waals surface area contributed by atoms with Crippen LogP contribution in [0, 0.1) is 13.8 Å². The molecule has 3 aromatic rings. The first-order chi connectivity index (χ1) is 15.5. The third kappa shape index (κ3) is 5.42. The number of rotatable bonds is 6. The molecular weight excluding hydrogens is 404 g/mol. The van der Waals surface area contributed by atoms with Crippen molar-refractivity contribution in [2.45, 2.75) is 26.9 Å². The molecular formula is C25H28N4O3. The van der Waals surface area contributed by atoms with Gasteiger partial charge in [-0.3, -0.25) is 4.79 Å². The van der Waals surface area contributed by atoms with Crippen LogP contribution in [0.5, 0.6) is 5.75 Å². The van der Waals surface area contributed by atoms with Crippen molar-refractivity contribution in [3.8, 4) is 17.0 Å². The van der Waals surface area contributed by atoms with E-state index >= 15 is 0 Å². The average molecular weight is 433 g/mol. The summed E-state index contributed by atoms with van der Waals surface area (Å²) in [6, 6.07) is 17.4. The maximum absolute atomic E-state index is 12.6. The second-order valence-electron chi connectivity index (χ2n) is 8.03. The van der Waals surface area contributed by atoms with Gasteiger partial charge in [-0.2, -0.15) is 0 Å². The summed E-state index contributed by atoms with van der Waals surface area (Å²) in [7, 11) is 0. The molecule has 0 radical (unpaired) electrons. The van der Waals surface area contributed by atoms with Crippen LogP contribution in [-0.4, -0.2) is 48.5 Å². The summed E-state index contributed by atoms with van der Waals surface area (Å²) in [4.78, 5) is 14.7. The summed E-state index contributed by atoms with van der Waals surface area (Å²) in [5.74, 6) is 1.35. The van der Waals surface area contributed by atoms with E-state index in [4.69, 9.17) is 9.47 Å². The molecule has 4 rings (SSSR count). The monoisotopic (exact) mass is 432 g/mol. The summed E-state index contributed by atoms with van der Waals surface area (Å²) in [6.45, 7) is 8.84.